The molecule has 0 aliphatic heterocycles. The molecule has 158 valence electrons. The molecule has 0 bridgehead atoms. The lowest BCUT2D eigenvalue weighted by molar-refractivity contribution is -0.120. The Hall–Kier alpha value is -4.40. The van der Waals surface area contributed by atoms with Gasteiger partial charge in [0, 0.05) is 36.1 Å². The van der Waals surface area contributed by atoms with Gasteiger partial charge in [-0.15, -0.1) is 0 Å². The third-order valence-corrected chi connectivity index (χ3v) is 4.01. The number of para-hydroxylation sites is 1. The second-order valence-corrected chi connectivity index (χ2v) is 6.25. The fourth-order valence-electron chi connectivity index (χ4n) is 2.46. The molecule has 9 heteroatoms. The molecule has 1 aromatic heterocycles. The van der Waals surface area contributed by atoms with E-state index in [1.165, 1.54) is 6.20 Å². The largest absolute Gasteiger partial charge is 0.439 e. The Labute approximate surface area is 178 Å². The molecule has 9 nitrogen and oxygen atoms in total. The van der Waals surface area contributed by atoms with Gasteiger partial charge in [0.25, 0.3) is 11.8 Å². The summed E-state index contributed by atoms with van der Waals surface area (Å²) in [6.07, 6.45) is 1.49. The SMILES string of the molecule is CNC(=O)c1ccc(NC(=O)CO/N=C(/N)c2ccc(Oc3ccccc3)nc2)cc1. The van der Waals surface area contributed by atoms with Crippen LogP contribution in [-0.2, 0) is 9.63 Å². The molecule has 0 unspecified atom stereocenters. The van der Waals surface area contributed by atoms with Crippen molar-refractivity contribution in [3.63, 3.8) is 0 Å². The summed E-state index contributed by atoms with van der Waals surface area (Å²) in [7, 11) is 1.55. The van der Waals surface area contributed by atoms with Crippen molar-refractivity contribution in [1.82, 2.24) is 10.3 Å². The van der Waals surface area contributed by atoms with Gasteiger partial charge < -0.3 is 25.9 Å². The maximum absolute atomic E-state index is 12.0. The van der Waals surface area contributed by atoms with E-state index in [9.17, 15) is 9.59 Å². The van der Waals surface area contributed by atoms with Crippen LogP contribution < -0.4 is 21.1 Å². The van der Waals surface area contributed by atoms with Gasteiger partial charge in [0.2, 0.25) is 5.88 Å². The molecule has 0 atom stereocenters. The van der Waals surface area contributed by atoms with E-state index < -0.39 is 5.91 Å². The van der Waals surface area contributed by atoms with E-state index in [1.807, 2.05) is 30.3 Å². The molecule has 0 spiro atoms. The molecule has 0 radical (unpaired) electrons. The number of oxime groups is 1. The molecular weight excluding hydrogens is 398 g/mol. The third kappa shape index (κ3) is 6.29. The standard InChI is InChI=1S/C22H21N5O4/c1-24-22(29)15-7-10-17(11-8-15)26-19(28)14-30-27-21(23)16-9-12-20(25-13-16)31-18-5-3-2-4-6-18/h2-13H,14H2,1H3,(H2,23,27)(H,24,29)(H,26,28). The van der Waals surface area contributed by atoms with Crippen molar-refractivity contribution < 1.29 is 19.2 Å². The molecule has 3 rings (SSSR count). The minimum Gasteiger partial charge on any atom is -0.439 e. The Balaban J connectivity index is 1.48. The van der Waals surface area contributed by atoms with Crippen LogP contribution in [0.3, 0.4) is 0 Å². The number of carbonyl (C=O) groups excluding carboxylic acids is 2. The average molecular weight is 419 g/mol. The van der Waals surface area contributed by atoms with Gasteiger partial charge in [-0.1, -0.05) is 23.4 Å². The van der Waals surface area contributed by atoms with Crippen molar-refractivity contribution in [3.05, 3.63) is 84.1 Å². The number of benzene rings is 2. The predicted octanol–water partition coefficient (Wildman–Crippen LogP) is 2.51. The van der Waals surface area contributed by atoms with Gasteiger partial charge in [0.15, 0.2) is 12.4 Å². The predicted molar refractivity (Wildman–Crippen MR) is 116 cm³/mol. The topological polar surface area (TPSA) is 128 Å². The van der Waals surface area contributed by atoms with E-state index in [2.05, 4.69) is 20.8 Å². The lowest BCUT2D eigenvalue weighted by Crippen LogP contribution is -2.20. The normalized spacial score (nSPS) is 10.8. The number of aromatic nitrogens is 1. The van der Waals surface area contributed by atoms with Gasteiger partial charge in [-0.2, -0.15) is 0 Å². The first-order chi connectivity index (χ1) is 15.0. The van der Waals surface area contributed by atoms with Crippen LogP contribution in [0.4, 0.5) is 5.69 Å². The number of amidine groups is 1. The molecule has 4 N–H and O–H groups in total. The molecule has 0 aliphatic rings. The van der Waals surface area contributed by atoms with Crippen LogP contribution in [0.5, 0.6) is 11.6 Å². The molecule has 2 amide bonds. The zero-order chi connectivity index (χ0) is 22.1. The Bertz CT molecular complexity index is 1050. The summed E-state index contributed by atoms with van der Waals surface area (Å²) in [5.74, 6) is 0.517. The van der Waals surface area contributed by atoms with Gasteiger partial charge >= 0.3 is 0 Å². The minimum absolute atomic E-state index is 0.0708. The number of ether oxygens (including phenoxy) is 1. The van der Waals surface area contributed by atoms with E-state index in [-0.39, 0.29) is 18.3 Å². The van der Waals surface area contributed by atoms with E-state index in [4.69, 9.17) is 15.3 Å². The molecule has 2 aromatic carbocycles. The average Bonchev–Trinajstić information content (AvgIpc) is 2.80. The van der Waals surface area contributed by atoms with Crippen molar-refractivity contribution >= 4 is 23.3 Å². The van der Waals surface area contributed by atoms with Crippen molar-refractivity contribution in [2.24, 2.45) is 10.9 Å². The quantitative estimate of drug-likeness (QED) is 0.292. The van der Waals surface area contributed by atoms with Crippen molar-refractivity contribution in [2.45, 2.75) is 0 Å². The van der Waals surface area contributed by atoms with Crippen LogP contribution in [0.15, 0.2) is 78.1 Å². The highest BCUT2D eigenvalue weighted by atomic mass is 16.6. The van der Waals surface area contributed by atoms with E-state index in [1.54, 1.807) is 43.4 Å². The molecule has 3 aromatic rings. The summed E-state index contributed by atoms with van der Waals surface area (Å²) in [6.45, 7) is -0.333. The second kappa shape index (κ2) is 10.4. The molecule has 0 saturated carbocycles. The Morgan fingerprint density at radius 1 is 1.00 bits per heavy atom. The molecular formula is C22H21N5O4. The van der Waals surface area contributed by atoms with Crippen molar-refractivity contribution in [3.8, 4) is 11.6 Å². The smallest absolute Gasteiger partial charge is 0.265 e. The van der Waals surface area contributed by atoms with Gasteiger partial charge in [-0.3, -0.25) is 9.59 Å². The summed E-state index contributed by atoms with van der Waals surface area (Å²) >= 11 is 0. The number of amides is 2. The highest BCUT2D eigenvalue weighted by molar-refractivity contribution is 5.97. The van der Waals surface area contributed by atoms with Crippen molar-refractivity contribution in [1.29, 1.82) is 0 Å². The molecule has 0 fully saturated rings. The zero-order valence-electron chi connectivity index (χ0n) is 16.7. The number of pyridine rings is 1. The number of nitrogens with zero attached hydrogens (tertiary/aromatic N) is 2. The highest BCUT2D eigenvalue weighted by Crippen LogP contribution is 2.18. The first-order valence-corrected chi connectivity index (χ1v) is 9.32. The van der Waals surface area contributed by atoms with E-state index >= 15 is 0 Å². The lowest BCUT2D eigenvalue weighted by atomic mass is 10.2. The highest BCUT2D eigenvalue weighted by Gasteiger charge is 2.07. The van der Waals surface area contributed by atoms with E-state index in [0.29, 0.717) is 28.4 Å². The maximum atomic E-state index is 12.0. The molecule has 0 aliphatic carbocycles. The summed E-state index contributed by atoms with van der Waals surface area (Å²) in [5, 5.41) is 8.90. The number of hydrogen-bond acceptors (Lipinski definition) is 6. The Kier molecular flexibility index (Phi) is 7.15. The third-order valence-electron chi connectivity index (χ3n) is 4.01. The van der Waals surface area contributed by atoms with Gasteiger partial charge in [-0.25, -0.2) is 4.98 Å². The maximum Gasteiger partial charge on any atom is 0.265 e. The van der Waals surface area contributed by atoms with Gasteiger partial charge in [0.05, 0.1) is 0 Å². The number of hydrogen-bond donors (Lipinski definition) is 3. The molecule has 1 heterocycles. The lowest BCUT2D eigenvalue weighted by Gasteiger charge is -2.07. The van der Waals surface area contributed by atoms with Crippen LogP contribution in [0.2, 0.25) is 0 Å². The van der Waals surface area contributed by atoms with Crippen LogP contribution >= 0.6 is 0 Å². The summed E-state index contributed by atoms with van der Waals surface area (Å²) in [5.41, 5.74) is 7.40. The van der Waals surface area contributed by atoms with Crippen LogP contribution in [-0.4, -0.2) is 36.3 Å². The van der Waals surface area contributed by atoms with Crippen molar-refractivity contribution in [2.75, 3.05) is 19.0 Å². The van der Waals surface area contributed by atoms with Crippen LogP contribution in [0, 0.1) is 0 Å². The second-order valence-electron chi connectivity index (χ2n) is 6.25. The zero-order valence-corrected chi connectivity index (χ0v) is 16.7. The number of nitrogens with one attached hydrogen (secondary N) is 2. The summed E-state index contributed by atoms with van der Waals surface area (Å²) in [6, 6.07) is 19.0. The van der Waals surface area contributed by atoms with Crippen LogP contribution in [0.1, 0.15) is 15.9 Å². The number of carbonyl (C=O) groups is 2. The Morgan fingerprint density at radius 3 is 2.35 bits per heavy atom. The van der Waals surface area contributed by atoms with Gasteiger partial charge in [-0.05, 0) is 42.5 Å². The Morgan fingerprint density at radius 2 is 1.71 bits per heavy atom. The molecule has 31 heavy (non-hydrogen) atoms. The number of anilines is 1. The monoisotopic (exact) mass is 419 g/mol. The fraction of sp³-hybridized carbons (Fsp3) is 0.0909. The first kappa shape index (κ1) is 21.3. The first-order valence-electron chi connectivity index (χ1n) is 9.32. The summed E-state index contributed by atoms with van der Waals surface area (Å²) < 4.78 is 5.61. The van der Waals surface area contributed by atoms with Crippen LogP contribution in [0.25, 0.3) is 0 Å². The molecule has 0 saturated heterocycles. The van der Waals surface area contributed by atoms with Gasteiger partial charge in [0.1, 0.15) is 5.75 Å². The number of nitrogens with two attached hydrogens (primary N) is 1. The number of rotatable bonds is 8. The fourth-order valence-corrected chi connectivity index (χ4v) is 2.46. The minimum atomic E-state index is -0.422. The van der Waals surface area contributed by atoms with E-state index in [0.717, 1.165) is 0 Å². The summed E-state index contributed by atoms with van der Waals surface area (Å²) in [4.78, 5) is 32.7.